The first-order valence-corrected chi connectivity index (χ1v) is 12.8. The third kappa shape index (κ3) is 7.37. The Hall–Kier alpha value is -1.75. The highest BCUT2D eigenvalue weighted by Gasteiger charge is 2.30. The number of hydrogen-bond donors (Lipinski definition) is 1. The lowest BCUT2D eigenvalue weighted by atomic mass is 9.95. The Kier molecular flexibility index (Phi) is 9.91. The fourth-order valence-electron chi connectivity index (χ4n) is 4.38. The Morgan fingerprint density at radius 1 is 1.00 bits per heavy atom. The highest BCUT2D eigenvalue weighted by molar-refractivity contribution is 6.35. The van der Waals surface area contributed by atoms with Gasteiger partial charge in [-0.15, -0.1) is 0 Å². The van der Waals surface area contributed by atoms with Crippen LogP contribution in [0.4, 0.5) is 0 Å². The van der Waals surface area contributed by atoms with E-state index in [0.29, 0.717) is 27.9 Å². The topological polar surface area (TPSA) is 49.4 Å². The maximum Gasteiger partial charge on any atom is 0.243 e. The van der Waals surface area contributed by atoms with Gasteiger partial charge in [0.1, 0.15) is 6.04 Å². The normalized spacial score (nSPS) is 15.2. The zero-order chi connectivity index (χ0) is 23.8. The molecule has 4 nitrogen and oxygen atoms in total. The van der Waals surface area contributed by atoms with Crippen LogP contribution in [-0.4, -0.2) is 28.8 Å². The van der Waals surface area contributed by atoms with Crippen molar-refractivity contribution in [2.45, 2.75) is 76.9 Å². The molecule has 0 unspecified atom stereocenters. The summed E-state index contributed by atoms with van der Waals surface area (Å²) in [5, 5.41) is 4.84. The van der Waals surface area contributed by atoms with Crippen molar-refractivity contribution in [2.24, 2.45) is 0 Å². The van der Waals surface area contributed by atoms with Crippen LogP contribution in [0.1, 0.15) is 63.0 Å². The van der Waals surface area contributed by atoms with E-state index < -0.39 is 6.04 Å². The van der Waals surface area contributed by atoms with Crippen molar-refractivity contribution in [1.82, 2.24) is 10.2 Å². The summed E-state index contributed by atoms with van der Waals surface area (Å²) in [6.45, 7) is 2.18. The number of benzene rings is 2. The number of nitrogens with one attached hydrogen (secondary N) is 1. The van der Waals surface area contributed by atoms with Crippen LogP contribution in [-0.2, 0) is 22.6 Å². The Bertz CT molecular complexity index is 960. The van der Waals surface area contributed by atoms with Gasteiger partial charge in [-0.2, -0.15) is 0 Å². The minimum Gasteiger partial charge on any atom is -0.352 e. The molecule has 7 heteroatoms. The van der Waals surface area contributed by atoms with Crippen molar-refractivity contribution >= 4 is 46.6 Å². The van der Waals surface area contributed by atoms with E-state index in [2.05, 4.69) is 5.32 Å². The van der Waals surface area contributed by atoms with Crippen molar-refractivity contribution in [3.8, 4) is 0 Å². The second-order valence-corrected chi connectivity index (χ2v) is 9.87. The zero-order valence-electron chi connectivity index (χ0n) is 19.0. The van der Waals surface area contributed by atoms with Gasteiger partial charge in [0.15, 0.2) is 0 Å². The van der Waals surface area contributed by atoms with Gasteiger partial charge in [0.05, 0.1) is 0 Å². The fourth-order valence-corrected chi connectivity index (χ4v) is 5.08. The molecular formula is C26H31Cl3N2O2. The van der Waals surface area contributed by atoms with Crippen LogP contribution in [0.15, 0.2) is 42.5 Å². The SMILES string of the molecule is CC[C@@H](C(=O)NC1CCCCC1)N(Cc1ccc(Cl)cc1Cl)C(=O)CCc1ccccc1Cl. The molecule has 1 aliphatic carbocycles. The standard InChI is InChI=1S/C26H31Cl3N2O2/c1-2-24(26(33)30-21-9-4-3-5-10-21)31(17-19-12-14-20(27)16-23(19)29)25(32)15-13-18-8-6-7-11-22(18)28/h6-8,11-12,14,16,21,24H,2-5,9-10,13,15,17H2,1H3,(H,30,33)/t24-/m0/s1. The molecule has 33 heavy (non-hydrogen) atoms. The summed E-state index contributed by atoms with van der Waals surface area (Å²) in [4.78, 5) is 28.4. The number of carbonyl (C=O) groups excluding carboxylic acids is 2. The molecule has 1 aliphatic rings. The van der Waals surface area contributed by atoms with Crippen LogP contribution in [0.5, 0.6) is 0 Å². The number of aryl methyl sites for hydroxylation is 1. The lowest BCUT2D eigenvalue weighted by Crippen LogP contribution is -2.51. The largest absolute Gasteiger partial charge is 0.352 e. The van der Waals surface area contributed by atoms with E-state index in [1.807, 2.05) is 37.3 Å². The number of hydrogen-bond acceptors (Lipinski definition) is 2. The summed E-state index contributed by atoms with van der Waals surface area (Å²) in [7, 11) is 0. The van der Waals surface area contributed by atoms with E-state index in [1.165, 1.54) is 6.42 Å². The molecule has 2 aromatic carbocycles. The van der Waals surface area contributed by atoms with E-state index in [-0.39, 0.29) is 30.8 Å². The molecule has 3 rings (SSSR count). The van der Waals surface area contributed by atoms with E-state index in [1.54, 1.807) is 17.0 Å². The van der Waals surface area contributed by atoms with Gasteiger partial charge in [0.2, 0.25) is 11.8 Å². The third-order valence-electron chi connectivity index (χ3n) is 6.26. The predicted octanol–water partition coefficient (Wildman–Crippen LogP) is 6.84. The van der Waals surface area contributed by atoms with Crippen LogP contribution in [0, 0.1) is 0 Å². The van der Waals surface area contributed by atoms with Crippen LogP contribution < -0.4 is 5.32 Å². The van der Waals surface area contributed by atoms with Crippen molar-refractivity contribution < 1.29 is 9.59 Å². The molecule has 0 aliphatic heterocycles. The summed E-state index contributed by atoms with van der Waals surface area (Å²) in [6, 6.07) is 12.3. The van der Waals surface area contributed by atoms with E-state index >= 15 is 0 Å². The summed E-state index contributed by atoms with van der Waals surface area (Å²) >= 11 is 18.8. The van der Waals surface area contributed by atoms with Gasteiger partial charge in [-0.05, 0) is 55.0 Å². The van der Waals surface area contributed by atoms with Gasteiger partial charge in [-0.25, -0.2) is 0 Å². The molecule has 178 valence electrons. The third-order valence-corrected chi connectivity index (χ3v) is 7.21. The molecular weight excluding hydrogens is 479 g/mol. The van der Waals surface area contributed by atoms with Crippen molar-refractivity contribution in [1.29, 1.82) is 0 Å². The number of nitrogens with zero attached hydrogens (tertiary/aromatic N) is 1. The van der Waals surface area contributed by atoms with Gasteiger partial charge in [-0.3, -0.25) is 9.59 Å². The molecule has 0 radical (unpaired) electrons. The first kappa shape index (κ1) is 25.9. The Morgan fingerprint density at radius 2 is 1.73 bits per heavy atom. The average molecular weight is 510 g/mol. The number of rotatable bonds is 9. The van der Waals surface area contributed by atoms with Crippen LogP contribution in [0.25, 0.3) is 0 Å². The number of halogens is 3. The van der Waals surface area contributed by atoms with E-state index in [0.717, 1.165) is 36.8 Å². The van der Waals surface area contributed by atoms with E-state index in [9.17, 15) is 9.59 Å². The monoisotopic (exact) mass is 508 g/mol. The smallest absolute Gasteiger partial charge is 0.243 e. The lowest BCUT2D eigenvalue weighted by Gasteiger charge is -2.33. The van der Waals surface area contributed by atoms with Crippen molar-refractivity contribution in [3.05, 3.63) is 68.7 Å². The minimum atomic E-state index is -0.572. The molecule has 0 spiro atoms. The molecule has 0 bridgehead atoms. The maximum atomic E-state index is 13.4. The highest BCUT2D eigenvalue weighted by atomic mass is 35.5. The van der Waals surface area contributed by atoms with Gasteiger partial charge in [0.25, 0.3) is 0 Å². The molecule has 0 heterocycles. The Balaban J connectivity index is 1.79. The molecule has 2 aromatic rings. The molecule has 0 aromatic heterocycles. The predicted molar refractivity (Wildman–Crippen MR) is 136 cm³/mol. The molecule has 2 amide bonds. The van der Waals surface area contributed by atoms with Gasteiger partial charge < -0.3 is 10.2 Å². The van der Waals surface area contributed by atoms with Crippen molar-refractivity contribution in [2.75, 3.05) is 0 Å². The second kappa shape index (κ2) is 12.6. The molecule has 1 N–H and O–H groups in total. The van der Waals surface area contributed by atoms with Crippen LogP contribution in [0.2, 0.25) is 15.1 Å². The Labute approximate surface area is 211 Å². The number of amides is 2. The molecule has 1 atom stereocenters. The molecule has 1 fully saturated rings. The first-order chi connectivity index (χ1) is 15.9. The minimum absolute atomic E-state index is 0.0967. The highest BCUT2D eigenvalue weighted by Crippen LogP contribution is 2.25. The lowest BCUT2D eigenvalue weighted by molar-refractivity contribution is -0.141. The molecule has 1 saturated carbocycles. The summed E-state index contributed by atoms with van der Waals surface area (Å²) < 4.78 is 0. The van der Waals surface area contributed by atoms with Gasteiger partial charge in [0, 0.05) is 34.1 Å². The first-order valence-electron chi connectivity index (χ1n) is 11.7. The average Bonchev–Trinajstić information content (AvgIpc) is 2.80. The maximum absolute atomic E-state index is 13.4. The van der Waals surface area contributed by atoms with Crippen LogP contribution >= 0.6 is 34.8 Å². The second-order valence-electron chi connectivity index (χ2n) is 8.62. The summed E-state index contributed by atoms with van der Waals surface area (Å²) in [6.07, 6.45) is 6.72. The number of carbonyl (C=O) groups is 2. The zero-order valence-corrected chi connectivity index (χ0v) is 21.2. The quantitative estimate of drug-likeness (QED) is 0.402. The van der Waals surface area contributed by atoms with Gasteiger partial charge in [-0.1, -0.05) is 85.3 Å². The van der Waals surface area contributed by atoms with Crippen LogP contribution in [0.3, 0.4) is 0 Å². The fraction of sp³-hybridized carbons (Fsp3) is 0.462. The van der Waals surface area contributed by atoms with Gasteiger partial charge >= 0.3 is 0 Å². The van der Waals surface area contributed by atoms with Crippen molar-refractivity contribution in [3.63, 3.8) is 0 Å². The van der Waals surface area contributed by atoms with E-state index in [4.69, 9.17) is 34.8 Å². The summed E-state index contributed by atoms with van der Waals surface area (Å²) in [5.41, 5.74) is 1.67. The Morgan fingerprint density at radius 3 is 2.39 bits per heavy atom. The molecule has 0 saturated heterocycles. The summed E-state index contributed by atoms with van der Waals surface area (Å²) in [5.74, 6) is -0.202.